The Morgan fingerprint density at radius 1 is 0.298 bits per heavy atom. The summed E-state index contributed by atoms with van der Waals surface area (Å²) in [4.78, 5) is 42.7. The van der Waals surface area contributed by atoms with Gasteiger partial charge in [0, 0.05) is 0 Å². The molecular weight excluding hydrogens is 839 g/mol. The summed E-state index contributed by atoms with van der Waals surface area (Å²) in [5.41, 5.74) is -0.709. The minimum atomic E-state index is -1.18. The first-order chi connectivity index (χ1) is 26.7. The zero-order valence-corrected chi connectivity index (χ0v) is 32.3. The number of carbonyl (C=O) groups is 4. The van der Waals surface area contributed by atoms with Crippen LogP contribution in [0.15, 0.2) is 146 Å². The Kier molecular flexibility index (Phi) is 14.0. The summed E-state index contributed by atoms with van der Waals surface area (Å²) in [7, 11) is 0. The van der Waals surface area contributed by atoms with Crippen molar-refractivity contribution in [3.63, 3.8) is 0 Å². The van der Waals surface area contributed by atoms with Crippen LogP contribution in [0.1, 0.15) is 41.4 Å². The molecule has 8 aromatic rings. The third kappa shape index (κ3) is 10.5. The van der Waals surface area contributed by atoms with Crippen LogP contribution in [0.25, 0.3) is 43.1 Å². The first-order valence-electron chi connectivity index (χ1n) is 16.5. The van der Waals surface area contributed by atoms with Gasteiger partial charge in [-0.05, 0) is 67.4 Å². The Bertz CT molecular complexity index is 2400. The summed E-state index contributed by atoms with van der Waals surface area (Å²) in [6.45, 7) is 0. The maximum absolute atomic E-state index is 11.3. The molecule has 13 heteroatoms. The molecular formula is C44H28O12Sn. The molecule has 0 aromatic heterocycles. The monoisotopic (exact) mass is 868 g/mol. The average Bonchev–Trinajstić information content (AvgIpc) is 3.17. The van der Waals surface area contributed by atoms with E-state index in [-0.39, 0.29) is 46.2 Å². The summed E-state index contributed by atoms with van der Waals surface area (Å²) in [5, 5.41) is 86.2. The molecule has 57 heavy (non-hydrogen) atoms. The zero-order valence-electron chi connectivity index (χ0n) is 29.4. The number of hydrogen-bond acceptors (Lipinski definition) is 8. The van der Waals surface area contributed by atoms with Crippen molar-refractivity contribution in [2.24, 2.45) is 0 Å². The largest absolute Gasteiger partial charge is 4.00 e. The SMILES string of the molecule is O=C(O)c1cc2ccccc2cc1[O-].O=C(O)c1cc2ccccc2cc1[O-].O=C(O)c1cc2ccccc2cc1[O-].O=C(O)c1cc2ccccc2cc1[O-].[Sn+4]. The molecule has 0 amide bonds. The van der Waals surface area contributed by atoms with Crippen LogP contribution in [-0.4, -0.2) is 68.2 Å². The number of aromatic carboxylic acids is 4. The maximum Gasteiger partial charge on any atom is 4.00 e. The van der Waals surface area contributed by atoms with E-state index < -0.39 is 46.9 Å². The molecule has 0 saturated heterocycles. The molecule has 0 saturated carbocycles. The van der Waals surface area contributed by atoms with Crippen molar-refractivity contribution < 1.29 is 60.0 Å². The van der Waals surface area contributed by atoms with Gasteiger partial charge in [0.15, 0.2) is 0 Å². The van der Waals surface area contributed by atoms with E-state index in [0.717, 1.165) is 43.1 Å². The molecule has 0 aliphatic carbocycles. The van der Waals surface area contributed by atoms with Crippen LogP contribution in [0, 0.1) is 0 Å². The van der Waals surface area contributed by atoms with Crippen LogP contribution in [0.3, 0.4) is 0 Å². The van der Waals surface area contributed by atoms with E-state index in [1.54, 1.807) is 72.8 Å². The molecule has 0 aliphatic heterocycles. The van der Waals surface area contributed by atoms with Crippen LogP contribution in [0.4, 0.5) is 0 Å². The predicted molar refractivity (Wildman–Crippen MR) is 207 cm³/mol. The number of hydrogen-bond donors (Lipinski definition) is 4. The van der Waals surface area contributed by atoms with Gasteiger partial charge in [-0.1, -0.05) is 144 Å². The predicted octanol–water partition coefficient (Wildman–Crippen LogP) is 6.07. The second-order valence-corrected chi connectivity index (χ2v) is 12.0. The van der Waals surface area contributed by atoms with Crippen LogP contribution < -0.4 is 20.4 Å². The van der Waals surface area contributed by atoms with Gasteiger partial charge >= 0.3 is 47.8 Å². The second-order valence-electron chi connectivity index (χ2n) is 12.0. The van der Waals surface area contributed by atoms with Crippen LogP contribution in [0.5, 0.6) is 23.0 Å². The summed E-state index contributed by atoms with van der Waals surface area (Å²) in [6, 6.07) is 39.7. The van der Waals surface area contributed by atoms with E-state index in [1.807, 2.05) is 24.3 Å². The molecule has 0 radical (unpaired) electrons. The molecule has 12 nitrogen and oxygen atoms in total. The van der Waals surface area contributed by atoms with Crippen LogP contribution >= 0.6 is 0 Å². The van der Waals surface area contributed by atoms with Crippen molar-refractivity contribution in [1.82, 2.24) is 0 Å². The van der Waals surface area contributed by atoms with Crippen molar-refractivity contribution in [3.8, 4) is 23.0 Å². The summed E-state index contributed by atoms with van der Waals surface area (Å²) in [6.07, 6.45) is 0. The van der Waals surface area contributed by atoms with Gasteiger partial charge in [-0.25, -0.2) is 19.2 Å². The topological polar surface area (TPSA) is 241 Å². The van der Waals surface area contributed by atoms with Gasteiger partial charge in [-0.3, -0.25) is 0 Å². The van der Waals surface area contributed by atoms with Gasteiger partial charge in [0.05, 0.1) is 22.3 Å². The number of carboxylic acids is 4. The molecule has 0 heterocycles. The van der Waals surface area contributed by atoms with E-state index in [4.69, 9.17) is 20.4 Å². The van der Waals surface area contributed by atoms with Gasteiger partial charge in [0.2, 0.25) is 0 Å². The minimum Gasteiger partial charge on any atom is -0.872 e. The average molecular weight is 867 g/mol. The van der Waals surface area contributed by atoms with Gasteiger partial charge in [0.1, 0.15) is 0 Å². The molecule has 0 spiro atoms. The normalized spacial score (nSPS) is 10.1. The number of carboxylic acid groups (broad SMARTS) is 4. The fraction of sp³-hybridized carbons (Fsp3) is 0. The summed E-state index contributed by atoms with van der Waals surface area (Å²) < 4.78 is 0. The van der Waals surface area contributed by atoms with Crippen molar-refractivity contribution in [1.29, 1.82) is 0 Å². The Labute approximate surface area is 340 Å². The zero-order chi connectivity index (χ0) is 40.5. The fourth-order valence-electron chi connectivity index (χ4n) is 5.55. The Morgan fingerprint density at radius 2 is 0.439 bits per heavy atom. The molecule has 280 valence electrons. The van der Waals surface area contributed by atoms with Crippen molar-refractivity contribution >= 4 is 90.9 Å². The number of rotatable bonds is 4. The van der Waals surface area contributed by atoms with E-state index >= 15 is 0 Å². The number of benzene rings is 8. The van der Waals surface area contributed by atoms with Gasteiger partial charge in [0.25, 0.3) is 0 Å². The molecule has 0 fully saturated rings. The molecule has 8 rings (SSSR count). The molecule has 0 aliphatic rings. The molecule has 0 bridgehead atoms. The van der Waals surface area contributed by atoms with E-state index in [9.17, 15) is 39.6 Å². The molecule has 4 N–H and O–H groups in total. The van der Waals surface area contributed by atoms with Gasteiger partial charge in [-0.15, -0.1) is 0 Å². The fourth-order valence-corrected chi connectivity index (χ4v) is 5.55. The van der Waals surface area contributed by atoms with E-state index in [2.05, 4.69) is 0 Å². The third-order valence-electron chi connectivity index (χ3n) is 8.31. The Balaban J connectivity index is 0.000000167. The Hall–Kier alpha value is -7.32. The molecule has 0 atom stereocenters. The molecule has 0 unspecified atom stereocenters. The van der Waals surface area contributed by atoms with Crippen LogP contribution in [0.2, 0.25) is 0 Å². The summed E-state index contributed by atoms with van der Waals surface area (Å²) in [5.74, 6) is -6.51. The van der Waals surface area contributed by atoms with E-state index in [0.29, 0.717) is 0 Å². The first-order valence-corrected chi connectivity index (χ1v) is 16.5. The number of fused-ring (bicyclic) bond motifs is 4. The van der Waals surface area contributed by atoms with Crippen molar-refractivity contribution in [3.05, 3.63) is 168 Å². The second kappa shape index (κ2) is 18.8. The van der Waals surface area contributed by atoms with Crippen molar-refractivity contribution in [2.75, 3.05) is 0 Å². The standard InChI is InChI=1S/4C11H8O3.Sn/c4*12-10-6-8-4-2-1-3-7(8)5-9(10)11(13)14;/h4*1-6,12H,(H,13,14);/q;;;;+4/p-4. The van der Waals surface area contributed by atoms with E-state index in [1.165, 1.54) is 48.5 Å². The minimum absolute atomic E-state index is 0. The molecule has 8 aromatic carbocycles. The van der Waals surface area contributed by atoms with Crippen molar-refractivity contribution in [2.45, 2.75) is 0 Å². The maximum atomic E-state index is 11.3. The van der Waals surface area contributed by atoms with Gasteiger partial charge in [-0.2, -0.15) is 0 Å². The van der Waals surface area contributed by atoms with Crippen LogP contribution in [-0.2, 0) is 0 Å². The Morgan fingerprint density at radius 3 is 0.579 bits per heavy atom. The first kappa shape index (κ1) is 42.4. The smallest absolute Gasteiger partial charge is 0.872 e. The summed E-state index contributed by atoms with van der Waals surface area (Å²) >= 11 is 0. The third-order valence-corrected chi connectivity index (χ3v) is 8.31. The quantitative estimate of drug-likeness (QED) is 0.148. The van der Waals surface area contributed by atoms with Gasteiger partial charge < -0.3 is 40.9 Å².